The summed E-state index contributed by atoms with van der Waals surface area (Å²) in [6, 6.07) is 2.36. The molecule has 0 amide bonds. The topological polar surface area (TPSA) is 25.4 Å². The van der Waals surface area contributed by atoms with E-state index in [-0.39, 0.29) is 6.10 Å². The minimum Gasteiger partial charge on any atom is -0.375 e. The van der Waals surface area contributed by atoms with Gasteiger partial charge in [0.1, 0.15) is 0 Å². The van der Waals surface area contributed by atoms with Gasteiger partial charge in [0.2, 0.25) is 0 Å². The lowest BCUT2D eigenvalue weighted by atomic mass is 10.1. The summed E-state index contributed by atoms with van der Waals surface area (Å²) in [7, 11) is 0. The molecule has 1 fully saturated rings. The number of rotatable bonds is 2. The third-order valence-corrected chi connectivity index (χ3v) is 3.24. The van der Waals surface area contributed by atoms with Crippen LogP contribution in [0.4, 0.5) is 5.69 Å². The molecule has 4 heteroatoms. The standard InChI is InChI=1S/C12H17ClN2O/c1-9-8-16-10(2)7-15(9)12-6-14-4-3-11(12)5-13/h3-4,6,9-10H,5,7-8H2,1-2H3. The zero-order chi connectivity index (χ0) is 11.5. The average molecular weight is 241 g/mol. The largest absolute Gasteiger partial charge is 0.375 e. The molecule has 2 heterocycles. The molecule has 0 saturated carbocycles. The Morgan fingerprint density at radius 3 is 3.12 bits per heavy atom. The molecule has 3 nitrogen and oxygen atoms in total. The number of halogens is 1. The number of anilines is 1. The number of hydrogen-bond donors (Lipinski definition) is 0. The van der Waals surface area contributed by atoms with E-state index in [0.717, 1.165) is 24.4 Å². The summed E-state index contributed by atoms with van der Waals surface area (Å²) in [4.78, 5) is 6.52. The van der Waals surface area contributed by atoms with Gasteiger partial charge >= 0.3 is 0 Å². The third-order valence-electron chi connectivity index (χ3n) is 2.95. The molecule has 88 valence electrons. The van der Waals surface area contributed by atoms with E-state index in [4.69, 9.17) is 16.3 Å². The minimum absolute atomic E-state index is 0.264. The van der Waals surface area contributed by atoms with Gasteiger partial charge in [0.25, 0.3) is 0 Å². The first kappa shape index (κ1) is 11.7. The molecule has 2 rings (SSSR count). The van der Waals surface area contributed by atoms with Crippen LogP contribution in [-0.2, 0) is 10.6 Å². The highest BCUT2D eigenvalue weighted by Gasteiger charge is 2.25. The van der Waals surface area contributed by atoms with Gasteiger partial charge in [-0.15, -0.1) is 11.6 Å². The SMILES string of the molecule is CC1CN(c2cnccc2CCl)C(C)CO1. The molecule has 0 spiro atoms. The van der Waals surface area contributed by atoms with Crippen LogP contribution >= 0.6 is 11.6 Å². The second-order valence-corrected chi connectivity index (χ2v) is 4.55. The minimum atomic E-state index is 0.264. The van der Waals surface area contributed by atoms with E-state index in [1.807, 2.05) is 12.3 Å². The van der Waals surface area contributed by atoms with E-state index in [9.17, 15) is 0 Å². The molecular weight excluding hydrogens is 224 g/mol. The Morgan fingerprint density at radius 2 is 2.38 bits per heavy atom. The number of aromatic nitrogens is 1. The summed E-state index contributed by atoms with van der Waals surface area (Å²) in [5.41, 5.74) is 2.28. The number of nitrogens with zero attached hydrogens (tertiary/aromatic N) is 2. The first-order chi connectivity index (χ1) is 7.72. The van der Waals surface area contributed by atoms with Crippen LogP contribution in [0.2, 0.25) is 0 Å². The predicted octanol–water partition coefficient (Wildman–Crippen LogP) is 2.43. The Hall–Kier alpha value is -0.800. The lowest BCUT2D eigenvalue weighted by Gasteiger charge is -2.39. The van der Waals surface area contributed by atoms with E-state index in [1.54, 1.807) is 6.20 Å². The maximum absolute atomic E-state index is 5.95. The second kappa shape index (κ2) is 5.02. The third kappa shape index (κ3) is 2.30. The fourth-order valence-electron chi connectivity index (χ4n) is 2.03. The lowest BCUT2D eigenvalue weighted by Crippen LogP contribution is -2.47. The molecule has 2 atom stereocenters. The quantitative estimate of drug-likeness (QED) is 0.743. The van der Waals surface area contributed by atoms with Crippen molar-refractivity contribution in [3.05, 3.63) is 24.0 Å². The molecule has 0 N–H and O–H groups in total. The fourth-order valence-corrected chi connectivity index (χ4v) is 2.25. The highest BCUT2D eigenvalue weighted by Crippen LogP contribution is 2.25. The zero-order valence-corrected chi connectivity index (χ0v) is 10.4. The molecule has 0 radical (unpaired) electrons. The van der Waals surface area contributed by atoms with Crippen LogP contribution in [0.5, 0.6) is 0 Å². The molecule has 1 aromatic rings. The molecule has 1 aliphatic heterocycles. The normalized spacial score (nSPS) is 25.8. The molecular formula is C12H17ClN2O. The van der Waals surface area contributed by atoms with Crippen LogP contribution in [0, 0.1) is 0 Å². The van der Waals surface area contributed by atoms with Crippen molar-refractivity contribution >= 4 is 17.3 Å². The molecule has 1 aromatic heterocycles. The number of ether oxygens (including phenoxy) is 1. The van der Waals surface area contributed by atoms with Crippen molar-refractivity contribution in [1.29, 1.82) is 0 Å². The second-order valence-electron chi connectivity index (χ2n) is 4.28. The van der Waals surface area contributed by atoms with Gasteiger partial charge in [0.05, 0.1) is 24.6 Å². The van der Waals surface area contributed by atoms with Gasteiger partial charge in [0, 0.05) is 24.7 Å². The summed E-state index contributed by atoms with van der Waals surface area (Å²) >= 11 is 5.95. The van der Waals surface area contributed by atoms with Gasteiger partial charge in [-0.2, -0.15) is 0 Å². The van der Waals surface area contributed by atoms with Crippen LogP contribution in [-0.4, -0.2) is 30.3 Å². The van der Waals surface area contributed by atoms with Crippen molar-refractivity contribution in [1.82, 2.24) is 4.98 Å². The van der Waals surface area contributed by atoms with Gasteiger partial charge in [-0.3, -0.25) is 4.98 Å². The first-order valence-electron chi connectivity index (χ1n) is 5.59. The van der Waals surface area contributed by atoms with Gasteiger partial charge in [0.15, 0.2) is 0 Å². The smallest absolute Gasteiger partial charge is 0.0723 e. The molecule has 0 aliphatic carbocycles. The number of hydrogen-bond acceptors (Lipinski definition) is 3. The van der Waals surface area contributed by atoms with E-state index >= 15 is 0 Å². The highest BCUT2D eigenvalue weighted by molar-refractivity contribution is 6.17. The monoisotopic (exact) mass is 240 g/mol. The Morgan fingerprint density at radius 1 is 1.56 bits per heavy atom. The van der Waals surface area contributed by atoms with E-state index in [0.29, 0.717) is 11.9 Å². The van der Waals surface area contributed by atoms with Crippen molar-refractivity contribution in [2.45, 2.75) is 31.9 Å². The predicted molar refractivity (Wildman–Crippen MR) is 66.0 cm³/mol. The number of alkyl halides is 1. The summed E-state index contributed by atoms with van der Waals surface area (Å²) in [6.45, 7) is 5.92. The first-order valence-corrected chi connectivity index (χ1v) is 6.13. The Balaban J connectivity index is 2.27. The van der Waals surface area contributed by atoms with Gasteiger partial charge in [-0.25, -0.2) is 0 Å². The van der Waals surface area contributed by atoms with Crippen LogP contribution in [0.15, 0.2) is 18.5 Å². The Labute approximate surface area is 101 Å². The molecule has 16 heavy (non-hydrogen) atoms. The molecule has 1 aliphatic rings. The van der Waals surface area contributed by atoms with Crippen molar-refractivity contribution in [3.63, 3.8) is 0 Å². The highest BCUT2D eigenvalue weighted by atomic mass is 35.5. The summed E-state index contributed by atoms with van der Waals surface area (Å²) in [5.74, 6) is 0.524. The summed E-state index contributed by atoms with van der Waals surface area (Å²) in [5, 5.41) is 0. The van der Waals surface area contributed by atoms with Crippen LogP contribution < -0.4 is 4.90 Å². The lowest BCUT2D eigenvalue weighted by molar-refractivity contribution is 0.0343. The fraction of sp³-hybridized carbons (Fsp3) is 0.583. The molecule has 0 bridgehead atoms. The van der Waals surface area contributed by atoms with Crippen molar-refractivity contribution in [3.8, 4) is 0 Å². The van der Waals surface area contributed by atoms with Gasteiger partial charge in [-0.1, -0.05) is 0 Å². The summed E-state index contributed by atoms with van der Waals surface area (Å²) < 4.78 is 5.62. The summed E-state index contributed by atoms with van der Waals surface area (Å²) in [6.07, 6.45) is 3.95. The van der Waals surface area contributed by atoms with Crippen LogP contribution in [0.3, 0.4) is 0 Å². The number of morpholine rings is 1. The maximum atomic E-state index is 5.95. The van der Waals surface area contributed by atoms with Crippen molar-refractivity contribution < 1.29 is 4.74 Å². The van der Waals surface area contributed by atoms with Gasteiger partial charge in [-0.05, 0) is 25.5 Å². The zero-order valence-electron chi connectivity index (χ0n) is 9.69. The Bertz CT molecular complexity index is 359. The van der Waals surface area contributed by atoms with Crippen molar-refractivity contribution in [2.75, 3.05) is 18.1 Å². The molecule has 0 aromatic carbocycles. The van der Waals surface area contributed by atoms with Crippen molar-refractivity contribution in [2.24, 2.45) is 0 Å². The maximum Gasteiger partial charge on any atom is 0.0723 e. The molecule has 2 unspecified atom stereocenters. The van der Waals surface area contributed by atoms with Crippen LogP contribution in [0.1, 0.15) is 19.4 Å². The van der Waals surface area contributed by atoms with E-state index < -0.39 is 0 Å². The van der Waals surface area contributed by atoms with E-state index in [2.05, 4.69) is 23.7 Å². The Kier molecular flexibility index (Phi) is 3.66. The van der Waals surface area contributed by atoms with Crippen LogP contribution in [0.25, 0.3) is 0 Å². The molecule has 1 saturated heterocycles. The van der Waals surface area contributed by atoms with E-state index in [1.165, 1.54) is 0 Å². The van der Waals surface area contributed by atoms with Gasteiger partial charge < -0.3 is 9.64 Å². The number of pyridine rings is 1. The average Bonchev–Trinajstić information content (AvgIpc) is 2.32.